The van der Waals surface area contributed by atoms with E-state index in [9.17, 15) is 0 Å². The van der Waals surface area contributed by atoms with Crippen LogP contribution in [0.25, 0.3) is 0 Å². The maximum atomic E-state index is 4.92. The molecule has 2 fully saturated rings. The van der Waals surface area contributed by atoms with Gasteiger partial charge in [0.1, 0.15) is 12.4 Å². The number of anilines is 1. The van der Waals surface area contributed by atoms with Crippen molar-refractivity contribution in [2.45, 2.75) is 71.0 Å². The van der Waals surface area contributed by atoms with Crippen LogP contribution < -0.4 is 10.2 Å². The molecule has 0 bridgehead atoms. The average Bonchev–Trinajstić information content (AvgIpc) is 3.42. The van der Waals surface area contributed by atoms with Crippen molar-refractivity contribution < 1.29 is 0 Å². The highest BCUT2D eigenvalue weighted by Crippen LogP contribution is 2.21. The van der Waals surface area contributed by atoms with Gasteiger partial charge in [-0.1, -0.05) is 25.0 Å². The van der Waals surface area contributed by atoms with Gasteiger partial charge in [0.25, 0.3) is 0 Å². The summed E-state index contributed by atoms with van der Waals surface area (Å²) >= 11 is 0. The summed E-state index contributed by atoms with van der Waals surface area (Å²) in [5.41, 5.74) is 2.65. The van der Waals surface area contributed by atoms with Crippen LogP contribution in [0.4, 0.5) is 5.69 Å². The second-order valence-electron chi connectivity index (χ2n) is 9.06. The Bertz CT molecular complexity index is 865. The monoisotopic (exact) mass is 551 g/mol. The minimum atomic E-state index is 0. The van der Waals surface area contributed by atoms with E-state index in [4.69, 9.17) is 4.99 Å². The van der Waals surface area contributed by atoms with E-state index >= 15 is 0 Å². The predicted octanol–water partition coefficient (Wildman–Crippen LogP) is 4.25. The van der Waals surface area contributed by atoms with Gasteiger partial charge in [-0.25, -0.2) is 4.99 Å². The van der Waals surface area contributed by atoms with E-state index in [0.717, 1.165) is 24.2 Å². The summed E-state index contributed by atoms with van der Waals surface area (Å²) in [6, 6.07) is 9.60. The molecule has 0 radical (unpaired) electrons. The number of benzene rings is 1. The Labute approximate surface area is 209 Å². The molecule has 176 valence electrons. The van der Waals surface area contributed by atoms with Gasteiger partial charge in [0.05, 0.1) is 0 Å². The maximum absolute atomic E-state index is 4.92. The van der Waals surface area contributed by atoms with Crippen LogP contribution >= 0.6 is 24.0 Å². The quantitative estimate of drug-likeness (QED) is 0.331. The second kappa shape index (κ2) is 11.9. The fraction of sp³-hybridized carbons (Fsp3) is 0.625. The highest BCUT2D eigenvalue weighted by atomic mass is 127. The zero-order valence-corrected chi connectivity index (χ0v) is 22.1. The first-order valence-electron chi connectivity index (χ1n) is 11.8. The maximum Gasteiger partial charge on any atom is 0.194 e. The van der Waals surface area contributed by atoms with E-state index in [1.807, 2.05) is 18.5 Å². The van der Waals surface area contributed by atoms with Gasteiger partial charge in [-0.2, -0.15) is 0 Å². The van der Waals surface area contributed by atoms with Crippen molar-refractivity contribution in [1.29, 1.82) is 0 Å². The summed E-state index contributed by atoms with van der Waals surface area (Å²) in [5.74, 6) is 2.76. The third kappa shape index (κ3) is 6.36. The van der Waals surface area contributed by atoms with E-state index in [1.54, 1.807) is 0 Å². The lowest BCUT2D eigenvalue weighted by Crippen LogP contribution is -2.43. The number of aliphatic imine (C=N–C) groups is 1. The molecule has 1 aliphatic heterocycles. The number of hydrogen-bond donors (Lipinski definition) is 1. The third-order valence-electron chi connectivity index (χ3n) is 6.68. The van der Waals surface area contributed by atoms with Gasteiger partial charge >= 0.3 is 0 Å². The largest absolute Gasteiger partial charge is 0.372 e. The molecule has 1 saturated carbocycles. The van der Waals surface area contributed by atoms with Crippen LogP contribution in [0.3, 0.4) is 0 Å². The van der Waals surface area contributed by atoms with Crippen molar-refractivity contribution in [2.24, 2.45) is 12.0 Å². The van der Waals surface area contributed by atoms with Crippen LogP contribution in [0.5, 0.6) is 0 Å². The minimum Gasteiger partial charge on any atom is -0.372 e. The first kappa shape index (κ1) is 24.8. The molecule has 2 heterocycles. The van der Waals surface area contributed by atoms with Crippen LogP contribution in [0.1, 0.15) is 62.2 Å². The molecular weight excluding hydrogens is 513 g/mol. The molecule has 0 atom stereocenters. The number of halogens is 1. The fourth-order valence-electron chi connectivity index (χ4n) is 4.58. The summed E-state index contributed by atoms with van der Waals surface area (Å²) in [4.78, 5) is 9.66. The molecule has 1 N–H and O–H groups in total. The molecule has 0 unspecified atom stereocenters. The number of rotatable bonds is 6. The molecule has 1 aromatic carbocycles. The Morgan fingerprint density at radius 2 is 1.75 bits per heavy atom. The minimum absolute atomic E-state index is 0. The number of aromatic nitrogens is 3. The zero-order chi connectivity index (χ0) is 21.6. The molecule has 7 nitrogen and oxygen atoms in total. The average molecular weight is 552 g/mol. The van der Waals surface area contributed by atoms with Gasteiger partial charge in [-0.15, -0.1) is 34.2 Å². The molecule has 0 spiro atoms. The Morgan fingerprint density at radius 3 is 2.38 bits per heavy atom. The fourth-order valence-corrected chi connectivity index (χ4v) is 4.58. The van der Waals surface area contributed by atoms with Crippen LogP contribution in [0.15, 0.2) is 29.3 Å². The van der Waals surface area contributed by atoms with Crippen molar-refractivity contribution in [3.05, 3.63) is 41.5 Å². The van der Waals surface area contributed by atoms with Gasteiger partial charge in [0.15, 0.2) is 11.8 Å². The summed E-state index contributed by atoms with van der Waals surface area (Å²) in [6.07, 6.45) is 9.03. The van der Waals surface area contributed by atoms with Gasteiger partial charge in [-0.3, -0.25) is 0 Å². The SMILES string of the molecule is Cc1nnc(CN=C(NC2CCCC2)N(C)Cc2ccc(N3CCCCC3)cc2)n1C.I. The van der Waals surface area contributed by atoms with E-state index in [0.29, 0.717) is 12.6 Å². The normalized spacial score (nSPS) is 17.3. The Hall–Kier alpha value is -1.84. The first-order valence-corrected chi connectivity index (χ1v) is 11.8. The molecule has 0 amide bonds. The van der Waals surface area contributed by atoms with E-state index in [-0.39, 0.29) is 24.0 Å². The lowest BCUT2D eigenvalue weighted by Gasteiger charge is -2.29. The third-order valence-corrected chi connectivity index (χ3v) is 6.68. The Morgan fingerprint density at radius 1 is 1.06 bits per heavy atom. The van der Waals surface area contributed by atoms with Crippen LogP contribution in [-0.2, 0) is 20.1 Å². The zero-order valence-electron chi connectivity index (χ0n) is 19.8. The molecule has 8 heteroatoms. The topological polar surface area (TPSA) is 61.6 Å². The van der Waals surface area contributed by atoms with E-state index in [2.05, 4.69) is 56.6 Å². The predicted molar refractivity (Wildman–Crippen MR) is 142 cm³/mol. The number of hydrogen-bond acceptors (Lipinski definition) is 4. The summed E-state index contributed by atoms with van der Waals surface area (Å²) in [6.45, 7) is 5.70. The standard InChI is InChI=1S/C24H37N7.HI/c1-19-27-28-23(30(19)3)17-25-24(26-21-9-5-6-10-21)29(2)18-20-11-13-22(14-12-20)31-15-7-4-8-16-31;/h11-14,21H,4-10,15-18H2,1-3H3,(H,25,26);1H. The van der Waals surface area contributed by atoms with Gasteiger partial charge in [-0.05, 0) is 56.7 Å². The Kier molecular flexibility index (Phi) is 9.19. The smallest absolute Gasteiger partial charge is 0.194 e. The Balaban J connectivity index is 0.00000289. The number of guanidine groups is 1. The highest BCUT2D eigenvalue weighted by Gasteiger charge is 2.19. The molecule has 1 aliphatic carbocycles. The molecule has 4 rings (SSSR count). The van der Waals surface area contributed by atoms with E-state index in [1.165, 1.54) is 69.3 Å². The van der Waals surface area contributed by atoms with Crippen molar-refractivity contribution in [2.75, 3.05) is 25.0 Å². The van der Waals surface area contributed by atoms with Crippen LogP contribution in [0, 0.1) is 6.92 Å². The van der Waals surface area contributed by atoms with Crippen molar-refractivity contribution >= 4 is 35.6 Å². The summed E-state index contributed by atoms with van der Waals surface area (Å²) < 4.78 is 2.01. The van der Waals surface area contributed by atoms with Crippen LogP contribution in [-0.4, -0.2) is 51.8 Å². The van der Waals surface area contributed by atoms with Gasteiger partial charge in [0.2, 0.25) is 0 Å². The van der Waals surface area contributed by atoms with Crippen molar-refractivity contribution in [1.82, 2.24) is 25.0 Å². The number of aryl methyl sites for hydroxylation is 1. The molecular formula is C24H38IN7. The highest BCUT2D eigenvalue weighted by molar-refractivity contribution is 14.0. The summed E-state index contributed by atoms with van der Waals surface area (Å²) in [7, 11) is 4.12. The van der Waals surface area contributed by atoms with Gasteiger partial charge in [0, 0.05) is 45.5 Å². The number of nitrogens with zero attached hydrogens (tertiary/aromatic N) is 6. The molecule has 32 heavy (non-hydrogen) atoms. The summed E-state index contributed by atoms with van der Waals surface area (Å²) in [5, 5.41) is 12.1. The van der Waals surface area contributed by atoms with Crippen molar-refractivity contribution in [3.63, 3.8) is 0 Å². The number of nitrogens with one attached hydrogen (secondary N) is 1. The van der Waals surface area contributed by atoms with E-state index < -0.39 is 0 Å². The molecule has 2 aliphatic rings. The first-order chi connectivity index (χ1) is 15.1. The second-order valence-corrected chi connectivity index (χ2v) is 9.06. The van der Waals surface area contributed by atoms with Gasteiger partial charge < -0.3 is 19.7 Å². The lowest BCUT2D eigenvalue weighted by molar-refractivity contribution is 0.456. The lowest BCUT2D eigenvalue weighted by atomic mass is 10.1. The molecule has 2 aromatic rings. The molecule has 1 aromatic heterocycles. The van der Waals surface area contributed by atoms with Crippen molar-refractivity contribution in [3.8, 4) is 0 Å². The van der Waals surface area contributed by atoms with Crippen LogP contribution in [0.2, 0.25) is 0 Å². The number of piperidine rings is 1. The molecule has 1 saturated heterocycles.